The summed E-state index contributed by atoms with van der Waals surface area (Å²) in [6, 6.07) is 12.8. The molecule has 0 fully saturated rings. The van der Waals surface area contributed by atoms with Gasteiger partial charge in [-0.15, -0.1) is 0 Å². The predicted molar refractivity (Wildman–Crippen MR) is 84.2 cm³/mol. The molecule has 2 N–H and O–H groups in total. The Kier molecular flexibility index (Phi) is 5.94. The van der Waals surface area contributed by atoms with E-state index in [0.717, 1.165) is 5.56 Å². The Morgan fingerprint density at radius 3 is 2.57 bits per heavy atom. The number of nitrogens with one attached hydrogen (secondary N) is 1. The minimum Gasteiger partial charge on any atom is -0.467 e. The second kappa shape index (κ2) is 8.14. The summed E-state index contributed by atoms with van der Waals surface area (Å²) < 4.78 is 5.17. The fourth-order valence-electron chi connectivity index (χ4n) is 2.15. The van der Waals surface area contributed by atoms with E-state index in [1.165, 1.54) is 18.1 Å². The van der Waals surface area contributed by atoms with E-state index < -0.39 is 6.10 Å². The third-order valence-electron chi connectivity index (χ3n) is 3.32. The molecule has 1 unspecified atom stereocenters. The van der Waals surface area contributed by atoms with Crippen molar-refractivity contribution in [2.24, 2.45) is 0 Å². The number of rotatable bonds is 7. The van der Waals surface area contributed by atoms with Crippen LogP contribution in [-0.2, 0) is 16.1 Å². The van der Waals surface area contributed by atoms with Crippen molar-refractivity contribution < 1.29 is 19.1 Å². The van der Waals surface area contributed by atoms with Crippen molar-refractivity contribution in [2.75, 3.05) is 13.1 Å². The van der Waals surface area contributed by atoms with Crippen LogP contribution < -0.4 is 5.32 Å². The SMILES string of the molecule is CC(=O)NCC(=O)N(Cc1ccccc1)CC(O)c1ccco1. The molecule has 2 rings (SSSR count). The lowest BCUT2D eigenvalue weighted by Gasteiger charge is -2.25. The first-order chi connectivity index (χ1) is 11.1. The molecule has 23 heavy (non-hydrogen) atoms. The quantitative estimate of drug-likeness (QED) is 0.810. The summed E-state index contributed by atoms with van der Waals surface area (Å²) in [6.07, 6.45) is 0.550. The number of hydrogen-bond donors (Lipinski definition) is 2. The number of benzene rings is 1. The van der Waals surface area contributed by atoms with E-state index in [4.69, 9.17) is 4.42 Å². The molecule has 0 aliphatic heterocycles. The Morgan fingerprint density at radius 1 is 1.22 bits per heavy atom. The van der Waals surface area contributed by atoms with Crippen LogP contribution >= 0.6 is 0 Å². The maximum Gasteiger partial charge on any atom is 0.242 e. The second-order valence-electron chi connectivity index (χ2n) is 5.20. The van der Waals surface area contributed by atoms with Gasteiger partial charge in [0.05, 0.1) is 19.4 Å². The number of aliphatic hydroxyl groups excluding tert-OH is 1. The normalized spacial score (nSPS) is 11.7. The molecular formula is C17H20N2O4. The summed E-state index contributed by atoms with van der Waals surface area (Å²) >= 11 is 0. The van der Waals surface area contributed by atoms with Gasteiger partial charge in [0.2, 0.25) is 11.8 Å². The van der Waals surface area contributed by atoms with E-state index in [9.17, 15) is 14.7 Å². The molecule has 0 saturated carbocycles. The lowest BCUT2D eigenvalue weighted by molar-refractivity contribution is -0.134. The Balaban J connectivity index is 2.06. The number of carbonyl (C=O) groups excluding carboxylic acids is 2. The van der Waals surface area contributed by atoms with Crippen LogP contribution in [0.3, 0.4) is 0 Å². The van der Waals surface area contributed by atoms with Gasteiger partial charge in [-0.2, -0.15) is 0 Å². The summed E-state index contributed by atoms with van der Waals surface area (Å²) in [5.74, 6) is -0.144. The van der Waals surface area contributed by atoms with Crippen LogP contribution in [0.1, 0.15) is 24.4 Å². The molecule has 2 aromatic rings. The number of aliphatic hydroxyl groups is 1. The van der Waals surface area contributed by atoms with E-state index in [1.807, 2.05) is 30.3 Å². The lowest BCUT2D eigenvalue weighted by atomic mass is 10.2. The highest BCUT2D eigenvalue weighted by Crippen LogP contribution is 2.16. The van der Waals surface area contributed by atoms with Crippen molar-refractivity contribution in [3.63, 3.8) is 0 Å². The fourth-order valence-corrected chi connectivity index (χ4v) is 2.15. The highest BCUT2D eigenvalue weighted by molar-refractivity contribution is 5.83. The first-order valence-corrected chi connectivity index (χ1v) is 7.34. The summed E-state index contributed by atoms with van der Waals surface area (Å²) in [6.45, 7) is 1.68. The Hall–Kier alpha value is -2.60. The molecule has 6 nitrogen and oxygen atoms in total. The molecule has 0 saturated heterocycles. The average molecular weight is 316 g/mol. The van der Waals surface area contributed by atoms with Gasteiger partial charge >= 0.3 is 0 Å². The second-order valence-corrected chi connectivity index (χ2v) is 5.20. The van der Waals surface area contributed by atoms with Gasteiger partial charge in [-0.1, -0.05) is 30.3 Å². The molecule has 1 atom stereocenters. The van der Waals surface area contributed by atoms with Gasteiger partial charge in [-0.05, 0) is 17.7 Å². The number of furan rings is 1. The predicted octanol–water partition coefficient (Wildman–Crippen LogP) is 1.48. The summed E-state index contributed by atoms with van der Waals surface area (Å²) in [7, 11) is 0. The molecule has 1 aromatic carbocycles. The third kappa shape index (κ3) is 5.27. The summed E-state index contributed by atoms with van der Waals surface area (Å²) in [5, 5.41) is 12.7. The molecule has 0 aliphatic rings. The molecule has 0 radical (unpaired) electrons. The highest BCUT2D eigenvalue weighted by Gasteiger charge is 2.20. The number of carbonyl (C=O) groups is 2. The average Bonchev–Trinajstić information content (AvgIpc) is 3.07. The number of hydrogen-bond acceptors (Lipinski definition) is 4. The fraction of sp³-hybridized carbons (Fsp3) is 0.294. The van der Waals surface area contributed by atoms with Crippen LogP contribution in [0, 0.1) is 0 Å². The Morgan fingerprint density at radius 2 is 1.96 bits per heavy atom. The van der Waals surface area contributed by atoms with Gasteiger partial charge < -0.3 is 19.7 Å². The van der Waals surface area contributed by atoms with Gasteiger partial charge in [-0.3, -0.25) is 9.59 Å². The van der Waals surface area contributed by atoms with E-state index in [1.54, 1.807) is 12.1 Å². The largest absolute Gasteiger partial charge is 0.467 e. The molecule has 0 aliphatic carbocycles. The third-order valence-corrected chi connectivity index (χ3v) is 3.32. The van der Waals surface area contributed by atoms with Crippen molar-refractivity contribution in [1.82, 2.24) is 10.2 Å². The zero-order valence-electron chi connectivity index (χ0n) is 12.9. The van der Waals surface area contributed by atoms with Crippen LogP contribution in [0.5, 0.6) is 0 Å². The van der Waals surface area contributed by atoms with Crippen LogP contribution in [0.2, 0.25) is 0 Å². The molecule has 122 valence electrons. The van der Waals surface area contributed by atoms with Crippen LogP contribution in [0.25, 0.3) is 0 Å². The van der Waals surface area contributed by atoms with Gasteiger partial charge in [-0.25, -0.2) is 0 Å². The van der Waals surface area contributed by atoms with E-state index in [0.29, 0.717) is 12.3 Å². The monoisotopic (exact) mass is 316 g/mol. The molecule has 0 bridgehead atoms. The van der Waals surface area contributed by atoms with Crippen molar-refractivity contribution >= 4 is 11.8 Å². The molecule has 1 heterocycles. The topological polar surface area (TPSA) is 82.8 Å². The highest BCUT2D eigenvalue weighted by atomic mass is 16.4. The van der Waals surface area contributed by atoms with Crippen molar-refractivity contribution in [1.29, 1.82) is 0 Å². The van der Waals surface area contributed by atoms with Gasteiger partial charge in [0.25, 0.3) is 0 Å². The maximum atomic E-state index is 12.3. The van der Waals surface area contributed by atoms with Crippen molar-refractivity contribution in [3.05, 3.63) is 60.1 Å². The standard InChI is InChI=1S/C17H20N2O4/c1-13(20)18-10-17(22)19(11-14-6-3-2-4-7-14)12-15(21)16-8-5-9-23-16/h2-9,15,21H,10-12H2,1H3,(H,18,20). The van der Waals surface area contributed by atoms with E-state index in [-0.39, 0.29) is 24.9 Å². The van der Waals surface area contributed by atoms with Crippen molar-refractivity contribution in [3.8, 4) is 0 Å². The Bertz CT molecular complexity index is 625. The smallest absolute Gasteiger partial charge is 0.242 e. The van der Waals surface area contributed by atoms with Gasteiger partial charge in [0, 0.05) is 13.5 Å². The van der Waals surface area contributed by atoms with Crippen LogP contribution in [0.4, 0.5) is 0 Å². The number of amides is 2. The lowest BCUT2D eigenvalue weighted by Crippen LogP contribution is -2.41. The minimum atomic E-state index is -0.921. The maximum absolute atomic E-state index is 12.3. The molecule has 0 spiro atoms. The molecule has 6 heteroatoms. The zero-order valence-corrected chi connectivity index (χ0v) is 12.9. The Labute approximate surface area is 134 Å². The molecule has 1 aromatic heterocycles. The summed E-state index contributed by atoms with van der Waals surface area (Å²) in [4.78, 5) is 24.8. The first-order valence-electron chi connectivity index (χ1n) is 7.34. The van der Waals surface area contributed by atoms with Crippen LogP contribution in [0.15, 0.2) is 53.1 Å². The van der Waals surface area contributed by atoms with Crippen LogP contribution in [-0.4, -0.2) is 34.9 Å². The van der Waals surface area contributed by atoms with Gasteiger partial charge in [0.15, 0.2) is 0 Å². The first kappa shape index (κ1) is 16.8. The molecular weight excluding hydrogens is 296 g/mol. The minimum absolute atomic E-state index is 0.0842. The van der Waals surface area contributed by atoms with E-state index >= 15 is 0 Å². The van der Waals surface area contributed by atoms with Gasteiger partial charge in [0.1, 0.15) is 11.9 Å². The number of nitrogens with zero attached hydrogens (tertiary/aromatic N) is 1. The zero-order chi connectivity index (χ0) is 16.7. The summed E-state index contributed by atoms with van der Waals surface area (Å²) in [5.41, 5.74) is 0.940. The van der Waals surface area contributed by atoms with E-state index in [2.05, 4.69) is 5.32 Å². The molecule has 2 amide bonds. The van der Waals surface area contributed by atoms with Crippen molar-refractivity contribution in [2.45, 2.75) is 19.6 Å².